The van der Waals surface area contributed by atoms with E-state index in [0.717, 1.165) is 50.5 Å². The van der Waals surface area contributed by atoms with Crippen molar-refractivity contribution >= 4 is 5.91 Å². The topological polar surface area (TPSA) is 63.1 Å². The molecule has 1 aromatic carbocycles. The maximum atomic E-state index is 12.2. The van der Waals surface area contributed by atoms with Gasteiger partial charge in [-0.25, -0.2) is 0 Å². The molecular formula is C18H23N5O. The number of hydrogen-bond acceptors (Lipinski definition) is 4. The molecule has 0 saturated carbocycles. The average molecular weight is 325 g/mol. The predicted molar refractivity (Wildman–Crippen MR) is 90.4 cm³/mol. The highest BCUT2D eigenvalue weighted by Gasteiger charge is 2.25. The van der Waals surface area contributed by atoms with Crippen molar-refractivity contribution < 1.29 is 4.79 Å². The van der Waals surface area contributed by atoms with Gasteiger partial charge in [-0.05, 0) is 30.9 Å². The largest absolute Gasteiger partial charge is 0.348 e. The molecule has 0 aliphatic carbocycles. The van der Waals surface area contributed by atoms with Gasteiger partial charge in [-0.15, -0.1) is 10.2 Å². The van der Waals surface area contributed by atoms with Gasteiger partial charge in [-0.1, -0.05) is 30.3 Å². The lowest BCUT2D eigenvalue weighted by atomic mass is 9.99. The molecule has 1 fully saturated rings. The lowest BCUT2D eigenvalue weighted by Gasteiger charge is -2.16. The van der Waals surface area contributed by atoms with E-state index in [1.165, 1.54) is 5.56 Å². The van der Waals surface area contributed by atoms with Gasteiger partial charge in [0.25, 0.3) is 0 Å². The number of aryl methyl sites for hydroxylation is 1. The Kier molecular flexibility index (Phi) is 4.30. The van der Waals surface area contributed by atoms with Gasteiger partial charge < -0.3 is 9.88 Å². The minimum absolute atomic E-state index is 0.0686. The summed E-state index contributed by atoms with van der Waals surface area (Å²) in [6.07, 6.45) is 3.24. The van der Waals surface area contributed by atoms with Crippen LogP contribution in [0.25, 0.3) is 0 Å². The van der Waals surface area contributed by atoms with Crippen LogP contribution in [0.1, 0.15) is 36.0 Å². The van der Waals surface area contributed by atoms with Crippen LogP contribution >= 0.6 is 0 Å². The van der Waals surface area contributed by atoms with Crippen molar-refractivity contribution in [3.05, 3.63) is 47.5 Å². The summed E-state index contributed by atoms with van der Waals surface area (Å²) in [6.45, 7) is 3.84. The Morgan fingerprint density at radius 3 is 2.96 bits per heavy atom. The number of rotatable bonds is 5. The molecule has 0 spiro atoms. The minimum Gasteiger partial charge on any atom is -0.348 e. The third-order valence-electron chi connectivity index (χ3n) is 5.04. The molecule has 1 amide bonds. The first-order valence-corrected chi connectivity index (χ1v) is 8.74. The zero-order valence-corrected chi connectivity index (χ0v) is 13.8. The maximum absolute atomic E-state index is 12.2. The molecule has 0 radical (unpaired) electrons. The fraction of sp³-hybridized carbons (Fsp3) is 0.500. The molecule has 1 unspecified atom stereocenters. The third-order valence-corrected chi connectivity index (χ3v) is 5.04. The number of nitrogens with one attached hydrogen (secondary N) is 1. The lowest BCUT2D eigenvalue weighted by Crippen LogP contribution is -2.36. The van der Waals surface area contributed by atoms with Gasteiger partial charge in [0.2, 0.25) is 5.91 Å². The van der Waals surface area contributed by atoms with Gasteiger partial charge in [0, 0.05) is 19.5 Å². The number of nitrogens with zero attached hydrogens (tertiary/aromatic N) is 4. The molecule has 3 heterocycles. The number of amides is 1. The smallest absolute Gasteiger partial charge is 0.234 e. The number of carbonyl (C=O) groups excluding carboxylic acids is 1. The molecule has 1 saturated heterocycles. The summed E-state index contributed by atoms with van der Waals surface area (Å²) in [4.78, 5) is 14.5. The highest BCUT2D eigenvalue weighted by atomic mass is 16.2. The molecule has 2 aliphatic heterocycles. The van der Waals surface area contributed by atoms with Crippen LogP contribution in [0, 0.1) is 0 Å². The molecule has 0 bridgehead atoms. The van der Waals surface area contributed by atoms with Crippen molar-refractivity contribution in [1.29, 1.82) is 0 Å². The summed E-state index contributed by atoms with van der Waals surface area (Å²) in [6, 6.07) is 10.6. The van der Waals surface area contributed by atoms with Gasteiger partial charge in [-0.2, -0.15) is 0 Å². The van der Waals surface area contributed by atoms with E-state index in [1.54, 1.807) is 0 Å². The van der Waals surface area contributed by atoms with Crippen LogP contribution in [0.2, 0.25) is 0 Å². The highest BCUT2D eigenvalue weighted by Crippen LogP contribution is 2.26. The Labute approximate surface area is 141 Å². The van der Waals surface area contributed by atoms with E-state index < -0.39 is 0 Å². The summed E-state index contributed by atoms with van der Waals surface area (Å²) in [7, 11) is 0. The van der Waals surface area contributed by atoms with Crippen molar-refractivity contribution in [3.8, 4) is 0 Å². The van der Waals surface area contributed by atoms with Crippen LogP contribution in [-0.2, 0) is 24.3 Å². The zero-order valence-electron chi connectivity index (χ0n) is 13.8. The molecule has 1 N–H and O–H groups in total. The molecule has 6 heteroatoms. The van der Waals surface area contributed by atoms with Crippen molar-refractivity contribution in [2.45, 2.75) is 38.3 Å². The van der Waals surface area contributed by atoms with Crippen molar-refractivity contribution in [1.82, 2.24) is 25.0 Å². The van der Waals surface area contributed by atoms with E-state index in [9.17, 15) is 4.79 Å². The number of likely N-dealkylation sites (tertiary alicyclic amines) is 1. The molecule has 1 atom stereocenters. The van der Waals surface area contributed by atoms with Crippen LogP contribution in [0.4, 0.5) is 0 Å². The van der Waals surface area contributed by atoms with E-state index >= 15 is 0 Å². The quantitative estimate of drug-likeness (QED) is 0.901. The van der Waals surface area contributed by atoms with Gasteiger partial charge in [0.1, 0.15) is 5.82 Å². The number of carbonyl (C=O) groups is 1. The van der Waals surface area contributed by atoms with E-state index in [1.807, 2.05) is 6.07 Å². The standard InChI is InChI=1S/C18H23N5O/c24-18(19-11-17-21-20-16-7-4-9-23(16)17)13-22-10-8-15(12-22)14-5-2-1-3-6-14/h1-3,5-6,15H,4,7-13H2,(H,19,24). The molecule has 2 aromatic rings. The Balaban J connectivity index is 1.26. The van der Waals surface area contributed by atoms with Gasteiger partial charge in [0.15, 0.2) is 5.82 Å². The molecule has 24 heavy (non-hydrogen) atoms. The Bertz CT molecular complexity index is 711. The fourth-order valence-corrected chi connectivity index (χ4v) is 3.75. The van der Waals surface area contributed by atoms with E-state index in [4.69, 9.17) is 0 Å². The number of aromatic nitrogens is 3. The monoisotopic (exact) mass is 325 g/mol. The molecule has 4 rings (SSSR count). The average Bonchev–Trinajstić information content (AvgIpc) is 3.31. The molecule has 1 aromatic heterocycles. The van der Waals surface area contributed by atoms with E-state index in [-0.39, 0.29) is 5.91 Å². The number of fused-ring (bicyclic) bond motifs is 1. The van der Waals surface area contributed by atoms with Crippen LogP contribution in [0.15, 0.2) is 30.3 Å². The summed E-state index contributed by atoms with van der Waals surface area (Å²) in [5.74, 6) is 2.53. The first kappa shape index (κ1) is 15.3. The Morgan fingerprint density at radius 2 is 2.08 bits per heavy atom. The maximum Gasteiger partial charge on any atom is 0.234 e. The van der Waals surface area contributed by atoms with Gasteiger partial charge in [-0.3, -0.25) is 9.69 Å². The Hall–Kier alpha value is -2.21. The van der Waals surface area contributed by atoms with Crippen LogP contribution < -0.4 is 5.32 Å². The second kappa shape index (κ2) is 6.73. The van der Waals surface area contributed by atoms with Gasteiger partial charge >= 0.3 is 0 Å². The predicted octanol–water partition coefficient (Wildman–Crippen LogP) is 1.33. The first-order chi connectivity index (χ1) is 11.8. The Morgan fingerprint density at radius 1 is 1.21 bits per heavy atom. The number of benzene rings is 1. The molecular weight excluding hydrogens is 302 g/mol. The first-order valence-electron chi connectivity index (χ1n) is 8.74. The van der Waals surface area contributed by atoms with Gasteiger partial charge in [0.05, 0.1) is 13.1 Å². The minimum atomic E-state index is 0.0686. The summed E-state index contributed by atoms with van der Waals surface area (Å²) in [5, 5.41) is 11.3. The zero-order chi connectivity index (χ0) is 16.4. The van der Waals surface area contributed by atoms with Crippen molar-refractivity contribution in [2.75, 3.05) is 19.6 Å². The number of hydrogen-bond donors (Lipinski definition) is 1. The second-order valence-electron chi connectivity index (χ2n) is 6.70. The van der Waals surface area contributed by atoms with Crippen LogP contribution in [-0.4, -0.2) is 45.2 Å². The highest BCUT2D eigenvalue weighted by molar-refractivity contribution is 5.78. The lowest BCUT2D eigenvalue weighted by molar-refractivity contribution is -0.122. The molecule has 6 nitrogen and oxygen atoms in total. The fourth-order valence-electron chi connectivity index (χ4n) is 3.75. The SMILES string of the molecule is O=C(CN1CCC(c2ccccc2)C1)NCc1nnc2n1CCC2. The summed E-state index contributed by atoms with van der Waals surface area (Å²) in [5.41, 5.74) is 1.37. The molecule has 126 valence electrons. The normalized spacial score (nSPS) is 20.2. The van der Waals surface area contributed by atoms with E-state index in [0.29, 0.717) is 19.0 Å². The summed E-state index contributed by atoms with van der Waals surface area (Å²) >= 11 is 0. The van der Waals surface area contributed by atoms with Crippen LogP contribution in [0.5, 0.6) is 0 Å². The molecule has 2 aliphatic rings. The van der Waals surface area contributed by atoms with Crippen molar-refractivity contribution in [3.63, 3.8) is 0 Å². The van der Waals surface area contributed by atoms with Crippen LogP contribution in [0.3, 0.4) is 0 Å². The third kappa shape index (κ3) is 3.19. The second-order valence-corrected chi connectivity index (χ2v) is 6.70. The van der Waals surface area contributed by atoms with E-state index in [2.05, 4.69) is 49.2 Å². The summed E-state index contributed by atoms with van der Waals surface area (Å²) < 4.78 is 2.13. The van der Waals surface area contributed by atoms with Crippen molar-refractivity contribution in [2.24, 2.45) is 0 Å².